The van der Waals surface area contributed by atoms with Crippen LogP contribution in [0.2, 0.25) is 0 Å². The smallest absolute Gasteiger partial charge is 0.224 e. The Balaban J connectivity index is 1.91. The lowest BCUT2D eigenvalue weighted by Gasteiger charge is -2.13. The highest BCUT2D eigenvalue weighted by Gasteiger charge is 2.08. The number of methoxy groups -OCH3 is 1. The third-order valence-corrected chi connectivity index (χ3v) is 3.84. The zero-order valence-electron chi connectivity index (χ0n) is 15.3. The maximum absolute atomic E-state index is 12.2. The monoisotopic (exact) mass is 342 g/mol. The fourth-order valence-corrected chi connectivity index (χ4v) is 2.47. The van der Waals surface area contributed by atoms with Gasteiger partial charge in [-0.05, 0) is 55.3 Å². The Labute approximate surface area is 149 Å². The maximum atomic E-state index is 12.2. The van der Waals surface area contributed by atoms with Crippen molar-refractivity contribution in [1.82, 2.24) is 0 Å². The molecule has 2 aromatic carbocycles. The van der Waals surface area contributed by atoms with E-state index in [0.29, 0.717) is 25.2 Å². The summed E-state index contributed by atoms with van der Waals surface area (Å²) in [5.74, 6) is 1.41. The molecule has 2 aromatic rings. The third-order valence-electron chi connectivity index (χ3n) is 3.84. The van der Waals surface area contributed by atoms with Gasteiger partial charge in [-0.15, -0.1) is 0 Å². The molecular formula is C20H26N2O3. The second kappa shape index (κ2) is 8.97. The number of benzene rings is 2. The van der Waals surface area contributed by atoms with E-state index in [1.165, 1.54) is 0 Å². The Bertz CT molecular complexity index is 697. The first kappa shape index (κ1) is 18.6. The van der Waals surface area contributed by atoms with Crippen LogP contribution in [0, 0.1) is 0 Å². The summed E-state index contributed by atoms with van der Waals surface area (Å²) >= 11 is 0. The van der Waals surface area contributed by atoms with Crippen LogP contribution >= 0.6 is 0 Å². The molecule has 1 N–H and O–H groups in total. The molecule has 0 bridgehead atoms. The van der Waals surface area contributed by atoms with E-state index in [1.54, 1.807) is 7.11 Å². The molecule has 0 spiro atoms. The van der Waals surface area contributed by atoms with Crippen LogP contribution in [0.15, 0.2) is 42.5 Å². The topological polar surface area (TPSA) is 50.8 Å². The number of carbonyl (C=O) groups excluding carboxylic acids is 1. The number of aryl methyl sites for hydroxylation is 1. The van der Waals surface area contributed by atoms with Crippen LogP contribution in [0.3, 0.4) is 0 Å². The summed E-state index contributed by atoms with van der Waals surface area (Å²) in [7, 11) is 5.59. The van der Waals surface area contributed by atoms with Gasteiger partial charge >= 0.3 is 0 Å². The predicted octanol–water partition coefficient (Wildman–Crippen LogP) is 3.73. The molecule has 0 radical (unpaired) electrons. The first-order valence-corrected chi connectivity index (χ1v) is 8.40. The van der Waals surface area contributed by atoms with Crippen molar-refractivity contribution in [3.8, 4) is 11.5 Å². The summed E-state index contributed by atoms with van der Waals surface area (Å²) in [5, 5.41) is 2.93. The predicted molar refractivity (Wildman–Crippen MR) is 102 cm³/mol. The molecule has 0 aromatic heterocycles. The number of hydrogen-bond donors (Lipinski definition) is 1. The summed E-state index contributed by atoms with van der Waals surface area (Å²) in [5.41, 5.74) is 2.94. The van der Waals surface area contributed by atoms with Crippen molar-refractivity contribution < 1.29 is 14.3 Å². The zero-order valence-corrected chi connectivity index (χ0v) is 15.3. The lowest BCUT2D eigenvalue weighted by Crippen LogP contribution is -2.13. The summed E-state index contributed by atoms with van der Waals surface area (Å²) < 4.78 is 10.8. The van der Waals surface area contributed by atoms with Crippen LogP contribution in [-0.4, -0.2) is 33.7 Å². The van der Waals surface area contributed by atoms with Gasteiger partial charge in [0.2, 0.25) is 5.91 Å². The van der Waals surface area contributed by atoms with E-state index in [0.717, 1.165) is 22.7 Å². The minimum Gasteiger partial charge on any atom is -0.493 e. The van der Waals surface area contributed by atoms with E-state index in [2.05, 4.69) is 5.32 Å². The molecule has 134 valence electrons. The molecule has 5 nitrogen and oxygen atoms in total. The van der Waals surface area contributed by atoms with Crippen molar-refractivity contribution in [3.63, 3.8) is 0 Å². The van der Waals surface area contributed by atoms with Gasteiger partial charge in [-0.1, -0.05) is 6.07 Å². The van der Waals surface area contributed by atoms with E-state index in [9.17, 15) is 4.79 Å². The quantitative estimate of drug-likeness (QED) is 0.794. The summed E-state index contributed by atoms with van der Waals surface area (Å²) in [6, 6.07) is 13.5. The lowest BCUT2D eigenvalue weighted by molar-refractivity contribution is -0.116. The summed E-state index contributed by atoms with van der Waals surface area (Å²) in [6.07, 6.45) is 1.05. The summed E-state index contributed by atoms with van der Waals surface area (Å²) in [4.78, 5) is 14.2. The SMILES string of the molecule is CCOc1ccc(CCC(=O)Nc2ccc(N(C)C)cc2)cc1OC. The average molecular weight is 342 g/mol. The molecule has 0 aliphatic heterocycles. The first-order valence-electron chi connectivity index (χ1n) is 8.40. The number of rotatable bonds is 8. The number of nitrogens with zero attached hydrogens (tertiary/aromatic N) is 1. The van der Waals surface area contributed by atoms with Crippen LogP contribution in [0.4, 0.5) is 11.4 Å². The molecule has 25 heavy (non-hydrogen) atoms. The molecule has 0 aliphatic carbocycles. The van der Waals surface area contributed by atoms with E-state index in [1.807, 2.05) is 68.4 Å². The van der Waals surface area contributed by atoms with Crippen LogP contribution in [0.1, 0.15) is 18.9 Å². The molecule has 5 heteroatoms. The van der Waals surface area contributed by atoms with Gasteiger partial charge in [0.25, 0.3) is 0 Å². The normalized spacial score (nSPS) is 10.2. The number of amides is 1. The van der Waals surface area contributed by atoms with E-state index >= 15 is 0 Å². The molecule has 0 saturated heterocycles. The maximum Gasteiger partial charge on any atom is 0.224 e. The van der Waals surface area contributed by atoms with Crippen molar-refractivity contribution in [2.24, 2.45) is 0 Å². The molecule has 2 rings (SSSR count). The Kier molecular flexibility index (Phi) is 6.69. The van der Waals surface area contributed by atoms with Gasteiger partial charge in [-0.25, -0.2) is 0 Å². The highest BCUT2D eigenvalue weighted by molar-refractivity contribution is 5.91. The second-order valence-corrected chi connectivity index (χ2v) is 5.91. The molecule has 0 atom stereocenters. The van der Waals surface area contributed by atoms with Gasteiger partial charge in [-0.3, -0.25) is 4.79 Å². The first-order chi connectivity index (χ1) is 12.0. The van der Waals surface area contributed by atoms with E-state index in [-0.39, 0.29) is 5.91 Å². The minimum absolute atomic E-state index is 0.00884. The molecule has 0 saturated carbocycles. The summed E-state index contributed by atoms with van der Waals surface area (Å²) in [6.45, 7) is 2.52. The Morgan fingerprint density at radius 2 is 1.80 bits per heavy atom. The fraction of sp³-hybridized carbons (Fsp3) is 0.350. The number of hydrogen-bond acceptors (Lipinski definition) is 4. The van der Waals surface area contributed by atoms with Gasteiger partial charge in [0.15, 0.2) is 11.5 Å². The average Bonchev–Trinajstić information content (AvgIpc) is 2.61. The number of carbonyl (C=O) groups is 1. The van der Waals surface area contributed by atoms with Crippen molar-refractivity contribution >= 4 is 17.3 Å². The highest BCUT2D eigenvalue weighted by Crippen LogP contribution is 2.28. The Morgan fingerprint density at radius 3 is 2.40 bits per heavy atom. The van der Waals surface area contributed by atoms with Gasteiger partial charge in [0.1, 0.15) is 0 Å². The van der Waals surface area contributed by atoms with E-state index < -0.39 is 0 Å². The molecule has 0 aliphatic rings. The number of nitrogens with one attached hydrogen (secondary N) is 1. The highest BCUT2D eigenvalue weighted by atomic mass is 16.5. The molecule has 1 amide bonds. The van der Waals surface area contributed by atoms with Gasteiger partial charge in [-0.2, -0.15) is 0 Å². The van der Waals surface area contributed by atoms with Gasteiger partial charge < -0.3 is 19.7 Å². The Morgan fingerprint density at radius 1 is 1.08 bits per heavy atom. The largest absolute Gasteiger partial charge is 0.493 e. The standard InChI is InChI=1S/C20H26N2O3/c1-5-25-18-12-6-15(14-19(18)24-4)7-13-20(23)21-16-8-10-17(11-9-16)22(2)3/h6,8-12,14H,5,7,13H2,1-4H3,(H,21,23). The van der Waals surface area contributed by atoms with Gasteiger partial charge in [0.05, 0.1) is 13.7 Å². The molecule has 0 unspecified atom stereocenters. The van der Waals surface area contributed by atoms with Crippen LogP contribution < -0.4 is 19.7 Å². The van der Waals surface area contributed by atoms with Crippen molar-refractivity contribution in [3.05, 3.63) is 48.0 Å². The number of ether oxygens (including phenoxy) is 2. The minimum atomic E-state index is -0.00884. The number of anilines is 2. The van der Waals surface area contributed by atoms with Crippen molar-refractivity contribution in [2.45, 2.75) is 19.8 Å². The molecule has 0 heterocycles. The zero-order chi connectivity index (χ0) is 18.2. The van der Waals surface area contributed by atoms with Gasteiger partial charge in [0, 0.05) is 31.9 Å². The van der Waals surface area contributed by atoms with Crippen LogP contribution in [-0.2, 0) is 11.2 Å². The Hall–Kier alpha value is -2.69. The molecule has 0 fully saturated rings. The van der Waals surface area contributed by atoms with Crippen molar-refractivity contribution in [2.75, 3.05) is 38.0 Å². The second-order valence-electron chi connectivity index (χ2n) is 5.91. The lowest BCUT2D eigenvalue weighted by atomic mass is 10.1. The van der Waals surface area contributed by atoms with E-state index in [4.69, 9.17) is 9.47 Å². The fourth-order valence-electron chi connectivity index (χ4n) is 2.47. The van der Waals surface area contributed by atoms with Crippen LogP contribution in [0.5, 0.6) is 11.5 Å². The van der Waals surface area contributed by atoms with Crippen molar-refractivity contribution in [1.29, 1.82) is 0 Å². The third kappa shape index (κ3) is 5.41. The van der Waals surface area contributed by atoms with Crippen LogP contribution in [0.25, 0.3) is 0 Å². The molecular weight excluding hydrogens is 316 g/mol.